The fraction of sp³-hybridized carbons (Fsp3) is 0.429. The summed E-state index contributed by atoms with van der Waals surface area (Å²) in [6.07, 6.45) is 2.82. The molecule has 0 bridgehead atoms. The van der Waals surface area contributed by atoms with Crippen molar-refractivity contribution in [1.29, 1.82) is 0 Å². The van der Waals surface area contributed by atoms with Crippen LogP contribution >= 0.6 is 0 Å². The first-order valence-corrected chi connectivity index (χ1v) is 6.29. The van der Waals surface area contributed by atoms with Crippen LogP contribution in [0.1, 0.15) is 18.0 Å². The van der Waals surface area contributed by atoms with Crippen molar-refractivity contribution in [1.82, 2.24) is 5.32 Å². The van der Waals surface area contributed by atoms with Gasteiger partial charge in [-0.2, -0.15) is 0 Å². The number of ether oxygens (including phenoxy) is 2. The zero-order chi connectivity index (χ0) is 12.8. The van der Waals surface area contributed by atoms with E-state index in [1.54, 1.807) is 0 Å². The molecule has 0 saturated carbocycles. The van der Waals surface area contributed by atoms with Crippen molar-refractivity contribution in [3.05, 3.63) is 36.4 Å². The van der Waals surface area contributed by atoms with Crippen LogP contribution in [0.15, 0.2) is 30.9 Å². The van der Waals surface area contributed by atoms with Gasteiger partial charge in [-0.05, 0) is 30.7 Å². The van der Waals surface area contributed by atoms with Gasteiger partial charge in [0.25, 0.3) is 0 Å². The van der Waals surface area contributed by atoms with Crippen molar-refractivity contribution in [3.63, 3.8) is 0 Å². The topological polar surface area (TPSA) is 56.5 Å². The largest absolute Gasteiger partial charge is 0.486 e. The lowest BCUT2D eigenvalue weighted by Crippen LogP contribution is -2.29. The Morgan fingerprint density at radius 1 is 1.33 bits per heavy atom. The van der Waals surface area contributed by atoms with Crippen LogP contribution in [0, 0.1) is 0 Å². The second-order valence-corrected chi connectivity index (χ2v) is 4.22. The van der Waals surface area contributed by atoms with Gasteiger partial charge in [-0.3, -0.25) is 0 Å². The SMILES string of the molecule is C=CCCNC(CN)c1ccc2c(c1)OCCO2. The van der Waals surface area contributed by atoms with Crippen molar-refractivity contribution in [2.75, 3.05) is 26.3 Å². The highest BCUT2D eigenvalue weighted by Crippen LogP contribution is 2.32. The van der Waals surface area contributed by atoms with Gasteiger partial charge in [-0.25, -0.2) is 0 Å². The zero-order valence-electron chi connectivity index (χ0n) is 10.5. The predicted octanol–water partition coefficient (Wildman–Crippen LogP) is 1.62. The predicted molar refractivity (Wildman–Crippen MR) is 72.0 cm³/mol. The van der Waals surface area contributed by atoms with Crippen LogP contribution in [-0.2, 0) is 0 Å². The Labute approximate surface area is 108 Å². The van der Waals surface area contributed by atoms with E-state index < -0.39 is 0 Å². The Kier molecular flexibility index (Phi) is 4.61. The number of rotatable bonds is 6. The molecule has 4 nitrogen and oxygen atoms in total. The molecule has 1 heterocycles. The van der Waals surface area contributed by atoms with E-state index in [1.807, 2.05) is 24.3 Å². The van der Waals surface area contributed by atoms with Gasteiger partial charge in [0, 0.05) is 12.6 Å². The molecule has 0 aliphatic carbocycles. The standard InChI is InChI=1S/C14H20N2O2/c1-2-3-6-16-12(10-15)11-4-5-13-14(9-11)18-8-7-17-13/h2,4-5,9,12,16H,1,3,6-8,10,15H2. The van der Waals surface area contributed by atoms with Gasteiger partial charge in [0.1, 0.15) is 13.2 Å². The highest BCUT2D eigenvalue weighted by atomic mass is 16.6. The smallest absolute Gasteiger partial charge is 0.161 e. The van der Waals surface area contributed by atoms with Crippen molar-refractivity contribution < 1.29 is 9.47 Å². The Morgan fingerprint density at radius 2 is 2.11 bits per heavy atom. The number of nitrogens with two attached hydrogens (primary N) is 1. The maximum Gasteiger partial charge on any atom is 0.161 e. The van der Waals surface area contributed by atoms with Gasteiger partial charge in [0.15, 0.2) is 11.5 Å². The van der Waals surface area contributed by atoms with Gasteiger partial charge in [-0.15, -0.1) is 6.58 Å². The molecule has 0 fully saturated rings. The number of hydrogen-bond donors (Lipinski definition) is 2. The van der Waals surface area contributed by atoms with E-state index in [1.165, 1.54) is 0 Å². The highest BCUT2D eigenvalue weighted by Gasteiger charge is 2.15. The highest BCUT2D eigenvalue weighted by molar-refractivity contribution is 5.44. The van der Waals surface area contributed by atoms with Crippen LogP contribution in [0.2, 0.25) is 0 Å². The van der Waals surface area contributed by atoms with Crippen molar-refractivity contribution in [2.24, 2.45) is 5.73 Å². The summed E-state index contributed by atoms with van der Waals surface area (Å²) >= 11 is 0. The first-order chi connectivity index (χ1) is 8.85. The van der Waals surface area contributed by atoms with Crippen LogP contribution in [0.3, 0.4) is 0 Å². The lowest BCUT2D eigenvalue weighted by Gasteiger charge is -2.22. The molecule has 0 saturated heterocycles. The first kappa shape index (κ1) is 12.9. The molecule has 0 aromatic heterocycles. The Balaban J connectivity index is 2.07. The molecule has 0 spiro atoms. The molecule has 2 rings (SSSR count). The zero-order valence-corrected chi connectivity index (χ0v) is 10.5. The van der Waals surface area contributed by atoms with Gasteiger partial charge < -0.3 is 20.5 Å². The fourth-order valence-electron chi connectivity index (χ4n) is 1.97. The Morgan fingerprint density at radius 3 is 2.83 bits per heavy atom. The van der Waals surface area contributed by atoms with E-state index >= 15 is 0 Å². The van der Waals surface area contributed by atoms with E-state index in [-0.39, 0.29) is 6.04 Å². The van der Waals surface area contributed by atoms with Crippen LogP contribution in [0.4, 0.5) is 0 Å². The van der Waals surface area contributed by atoms with Gasteiger partial charge in [0.05, 0.1) is 0 Å². The molecule has 3 N–H and O–H groups in total. The minimum Gasteiger partial charge on any atom is -0.486 e. The molecule has 98 valence electrons. The minimum atomic E-state index is 0.140. The summed E-state index contributed by atoms with van der Waals surface area (Å²) < 4.78 is 11.1. The van der Waals surface area contributed by atoms with E-state index in [9.17, 15) is 0 Å². The van der Waals surface area contributed by atoms with Gasteiger partial charge in [-0.1, -0.05) is 12.1 Å². The third-order valence-corrected chi connectivity index (χ3v) is 2.94. The lowest BCUT2D eigenvalue weighted by molar-refractivity contribution is 0.171. The summed E-state index contributed by atoms with van der Waals surface area (Å²) in [5.41, 5.74) is 6.93. The van der Waals surface area contributed by atoms with Crippen molar-refractivity contribution in [3.8, 4) is 11.5 Å². The number of fused-ring (bicyclic) bond motifs is 1. The molecule has 1 atom stereocenters. The minimum absolute atomic E-state index is 0.140. The quantitative estimate of drug-likeness (QED) is 0.593. The number of hydrogen-bond acceptors (Lipinski definition) is 4. The summed E-state index contributed by atoms with van der Waals surface area (Å²) in [6, 6.07) is 6.13. The monoisotopic (exact) mass is 248 g/mol. The lowest BCUT2D eigenvalue weighted by atomic mass is 10.1. The van der Waals surface area contributed by atoms with Crippen LogP contribution in [0.25, 0.3) is 0 Å². The van der Waals surface area contributed by atoms with Crippen molar-refractivity contribution >= 4 is 0 Å². The summed E-state index contributed by atoms with van der Waals surface area (Å²) in [7, 11) is 0. The molecule has 1 aromatic carbocycles. The number of nitrogens with one attached hydrogen (secondary N) is 1. The summed E-state index contributed by atoms with van der Waals surface area (Å²) in [4.78, 5) is 0. The van der Waals surface area contributed by atoms with Crippen LogP contribution in [-0.4, -0.2) is 26.3 Å². The van der Waals surface area contributed by atoms with E-state index in [0.717, 1.165) is 30.0 Å². The number of benzene rings is 1. The first-order valence-electron chi connectivity index (χ1n) is 6.29. The van der Waals surface area contributed by atoms with E-state index in [0.29, 0.717) is 19.8 Å². The molecular formula is C14H20N2O2. The summed E-state index contributed by atoms with van der Waals surface area (Å²) in [5, 5.41) is 3.40. The molecule has 1 aromatic rings. The van der Waals surface area contributed by atoms with E-state index in [4.69, 9.17) is 15.2 Å². The van der Waals surface area contributed by atoms with Gasteiger partial charge >= 0.3 is 0 Å². The maximum atomic E-state index is 5.80. The average molecular weight is 248 g/mol. The second-order valence-electron chi connectivity index (χ2n) is 4.22. The normalized spacial score (nSPS) is 15.2. The molecule has 1 aliphatic heterocycles. The van der Waals surface area contributed by atoms with Crippen LogP contribution in [0.5, 0.6) is 11.5 Å². The van der Waals surface area contributed by atoms with Crippen LogP contribution < -0.4 is 20.5 Å². The van der Waals surface area contributed by atoms with E-state index in [2.05, 4.69) is 11.9 Å². The Bertz CT molecular complexity index is 407. The average Bonchev–Trinajstić information content (AvgIpc) is 2.43. The molecule has 0 amide bonds. The summed E-state index contributed by atoms with van der Waals surface area (Å²) in [6.45, 7) is 6.35. The fourth-order valence-corrected chi connectivity index (χ4v) is 1.97. The molecular weight excluding hydrogens is 228 g/mol. The summed E-state index contributed by atoms with van der Waals surface area (Å²) in [5.74, 6) is 1.62. The Hall–Kier alpha value is -1.52. The third kappa shape index (κ3) is 3.03. The molecule has 4 heteroatoms. The third-order valence-electron chi connectivity index (χ3n) is 2.94. The van der Waals surface area contributed by atoms with Crippen molar-refractivity contribution in [2.45, 2.75) is 12.5 Å². The molecule has 18 heavy (non-hydrogen) atoms. The maximum absolute atomic E-state index is 5.80. The van der Waals surface area contributed by atoms with Gasteiger partial charge in [0.2, 0.25) is 0 Å². The second kappa shape index (κ2) is 6.42. The molecule has 1 unspecified atom stereocenters. The molecule has 0 radical (unpaired) electrons. The molecule has 1 aliphatic rings.